The number of nitrogens with zero attached hydrogens (tertiary/aromatic N) is 1. The molecule has 3 heteroatoms. The average Bonchev–Trinajstić information content (AvgIpc) is 2.71. The molecule has 0 aliphatic carbocycles. The third-order valence-corrected chi connectivity index (χ3v) is 5.27. The van der Waals surface area contributed by atoms with E-state index in [0.29, 0.717) is 0 Å². The van der Waals surface area contributed by atoms with Crippen LogP contribution in [0.15, 0.2) is 48.5 Å². The van der Waals surface area contributed by atoms with Crippen LogP contribution in [0.2, 0.25) is 0 Å². The number of benzene rings is 2. The lowest BCUT2D eigenvalue weighted by atomic mass is 10.0. The molecule has 146 valence electrons. The summed E-state index contributed by atoms with van der Waals surface area (Å²) in [6, 6.07) is 17.2. The molecule has 0 aromatic heterocycles. The van der Waals surface area contributed by atoms with Crippen LogP contribution >= 0.6 is 0 Å². The minimum absolute atomic E-state index is 0.817. The Morgan fingerprint density at radius 2 is 1.89 bits per heavy atom. The fourth-order valence-electron chi connectivity index (χ4n) is 3.77. The lowest BCUT2D eigenvalue weighted by molar-refractivity contribution is 0.304. The zero-order valence-electron chi connectivity index (χ0n) is 16.8. The van der Waals surface area contributed by atoms with Gasteiger partial charge in [-0.05, 0) is 43.0 Å². The van der Waals surface area contributed by atoms with Crippen LogP contribution in [0.5, 0.6) is 5.75 Å². The molecule has 1 N–H and O–H groups in total. The third kappa shape index (κ3) is 6.20. The molecule has 0 fully saturated rings. The molecule has 3 nitrogen and oxygen atoms in total. The van der Waals surface area contributed by atoms with Crippen molar-refractivity contribution in [1.82, 2.24) is 0 Å². The van der Waals surface area contributed by atoms with Crippen LogP contribution in [0, 0.1) is 0 Å². The summed E-state index contributed by atoms with van der Waals surface area (Å²) in [4.78, 5) is 2.50. The summed E-state index contributed by atoms with van der Waals surface area (Å²) in [7, 11) is 0. The number of nitrogens with one attached hydrogen (secondary N) is 1. The predicted octanol–water partition coefficient (Wildman–Crippen LogP) is 5.90. The Morgan fingerprint density at radius 3 is 2.81 bits per heavy atom. The summed E-state index contributed by atoms with van der Waals surface area (Å²) in [5.74, 6) is 0.971. The van der Waals surface area contributed by atoms with Gasteiger partial charge >= 0.3 is 0 Å². The minimum Gasteiger partial charge on any atom is -0.494 e. The SMILES string of the molecule is CCCCCCCOc1cccc(NCCN2CCCc3ccccc32)c1. The predicted molar refractivity (Wildman–Crippen MR) is 116 cm³/mol. The van der Waals surface area contributed by atoms with E-state index in [1.165, 1.54) is 49.8 Å². The molecular weight excluding hydrogens is 332 g/mol. The number of ether oxygens (including phenoxy) is 1. The fraction of sp³-hybridized carbons (Fsp3) is 0.500. The summed E-state index contributed by atoms with van der Waals surface area (Å²) < 4.78 is 5.92. The Hall–Kier alpha value is -2.16. The van der Waals surface area contributed by atoms with Gasteiger partial charge in [-0.1, -0.05) is 56.9 Å². The first-order valence-electron chi connectivity index (χ1n) is 10.7. The van der Waals surface area contributed by atoms with Gasteiger partial charge in [0.1, 0.15) is 5.75 Å². The van der Waals surface area contributed by atoms with Gasteiger partial charge in [-0.3, -0.25) is 0 Å². The van der Waals surface area contributed by atoms with Crippen molar-refractivity contribution in [3.8, 4) is 5.75 Å². The second-order valence-electron chi connectivity index (χ2n) is 7.44. The summed E-state index contributed by atoms with van der Waals surface area (Å²) in [6.45, 7) is 6.19. The van der Waals surface area contributed by atoms with E-state index in [9.17, 15) is 0 Å². The van der Waals surface area contributed by atoms with E-state index in [0.717, 1.165) is 44.1 Å². The van der Waals surface area contributed by atoms with Gasteiger partial charge < -0.3 is 15.0 Å². The van der Waals surface area contributed by atoms with E-state index in [1.807, 2.05) is 0 Å². The standard InChI is InChI=1S/C24H34N2O/c1-2-3-4-5-8-19-27-23-14-9-13-22(20-23)25-16-18-26-17-10-12-21-11-6-7-15-24(21)26/h6-7,9,11,13-15,20,25H,2-5,8,10,12,16-19H2,1H3. The smallest absolute Gasteiger partial charge is 0.121 e. The summed E-state index contributed by atoms with van der Waals surface area (Å²) in [5, 5.41) is 3.56. The zero-order chi connectivity index (χ0) is 18.7. The van der Waals surface area contributed by atoms with Crippen LogP contribution < -0.4 is 15.0 Å². The summed E-state index contributed by atoms with van der Waals surface area (Å²) in [5.41, 5.74) is 4.03. The maximum Gasteiger partial charge on any atom is 0.121 e. The van der Waals surface area contributed by atoms with Crippen molar-refractivity contribution in [2.24, 2.45) is 0 Å². The van der Waals surface area contributed by atoms with Gasteiger partial charge in [-0.25, -0.2) is 0 Å². The highest BCUT2D eigenvalue weighted by Gasteiger charge is 2.15. The maximum absolute atomic E-state index is 5.92. The first-order valence-corrected chi connectivity index (χ1v) is 10.7. The number of rotatable bonds is 11. The number of hydrogen-bond acceptors (Lipinski definition) is 3. The second-order valence-corrected chi connectivity index (χ2v) is 7.44. The van der Waals surface area contributed by atoms with Crippen molar-refractivity contribution in [2.75, 3.05) is 36.5 Å². The summed E-state index contributed by atoms with van der Waals surface area (Å²) in [6.07, 6.45) is 8.81. The monoisotopic (exact) mass is 366 g/mol. The number of anilines is 2. The van der Waals surface area contributed by atoms with Crippen molar-refractivity contribution in [3.05, 3.63) is 54.1 Å². The molecule has 0 spiro atoms. The Labute approximate surface area is 164 Å². The number of aryl methyl sites for hydroxylation is 1. The fourth-order valence-corrected chi connectivity index (χ4v) is 3.77. The average molecular weight is 367 g/mol. The van der Waals surface area contributed by atoms with Gasteiger partial charge in [0.25, 0.3) is 0 Å². The lowest BCUT2D eigenvalue weighted by Crippen LogP contribution is -2.33. The molecule has 3 rings (SSSR count). The van der Waals surface area contributed by atoms with Crippen molar-refractivity contribution in [3.63, 3.8) is 0 Å². The van der Waals surface area contributed by atoms with Crippen molar-refractivity contribution < 1.29 is 4.74 Å². The van der Waals surface area contributed by atoms with Crippen LogP contribution in [0.4, 0.5) is 11.4 Å². The van der Waals surface area contributed by atoms with Gasteiger partial charge in [-0.2, -0.15) is 0 Å². The Balaban J connectivity index is 1.41. The highest BCUT2D eigenvalue weighted by atomic mass is 16.5. The topological polar surface area (TPSA) is 24.5 Å². The number of hydrogen-bond donors (Lipinski definition) is 1. The van der Waals surface area contributed by atoms with Crippen molar-refractivity contribution in [2.45, 2.75) is 51.9 Å². The second kappa shape index (κ2) is 10.9. The van der Waals surface area contributed by atoms with E-state index in [2.05, 4.69) is 65.7 Å². The highest BCUT2D eigenvalue weighted by Crippen LogP contribution is 2.26. The number of unbranched alkanes of at least 4 members (excludes halogenated alkanes) is 4. The number of para-hydroxylation sites is 1. The van der Waals surface area contributed by atoms with E-state index in [1.54, 1.807) is 0 Å². The third-order valence-electron chi connectivity index (χ3n) is 5.27. The van der Waals surface area contributed by atoms with E-state index < -0.39 is 0 Å². The van der Waals surface area contributed by atoms with Gasteiger partial charge in [0.2, 0.25) is 0 Å². The number of fused-ring (bicyclic) bond motifs is 1. The molecule has 1 aliphatic rings. The molecule has 0 saturated heterocycles. The van der Waals surface area contributed by atoms with Crippen LogP contribution in [-0.4, -0.2) is 26.2 Å². The van der Waals surface area contributed by atoms with Gasteiger partial charge in [0.05, 0.1) is 6.61 Å². The molecule has 2 aromatic rings. The van der Waals surface area contributed by atoms with Gasteiger partial charge in [0.15, 0.2) is 0 Å². The van der Waals surface area contributed by atoms with Crippen LogP contribution in [0.25, 0.3) is 0 Å². The molecule has 0 amide bonds. The molecule has 0 bridgehead atoms. The highest BCUT2D eigenvalue weighted by molar-refractivity contribution is 5.56. The van der Waals surface area contributed by atoms with Crippen molar-refractivity contribution >= 4 is 11.4 Å². The molecule has 1 heterocycles. The lowest BCUT2D eigenvalue weighted by Gasteiger charge is -2.31. The Morgan fingerprint density at radius 1 is 1.00 bits per heavy atom. The maximum atomic E-state index is 5.92. The molecule has 2 aromatic carbocycles. The van der Waals surface area contributed by atoms with Crippen molar-refractivity contribution in [1.29, 1.82) is 0 Å². The molecular formula is C24H34N2O. The van der Waals surface area contributed by atoms with Crippen LogP contribution in [0.1, 0.15) is 51.0 Å². The Kier molecular flexibility index (Phi) is 7.88. The molecule has 0 saturated carbocycles. The largest absolute Gasteiger partial charge is 0.494 e. The molecule has 0 unspecified atom stereocenters. The van der Waals surface area contributed by atoms with Crippen LogP contribution in [-0.2, 0) is 6.42 Å². The zero-order valence-corrected chi connectivity index (χ0v) is 16.8. The summed E-state index contributed by atoms with van der Waals surface area (Å²) >= 11 is 0. The minimum atomic E-state index is 0.817. The normalized spacial score (nSPS) is 13.3. The first-order chi connectivity index (χ1) is 13.4. The molecule has 1 aliphatic heterocycles. The Bertz CT molecular complexity index is 686. The van der Waals surface area contributed by atoms with E-state index >= 15 is 0 Å². The quantitative estimate of drug-likeness (QED) is 0.501. The van der Waals surface area contributed by atoms with E-state index in [-0.39, 0.29) is 0 Å². The van der Waals surface area contributed by atoms with Crippen LogP contribution in [0.3, 0.4) is 0 Å². The molecule has 27 heavy (non-hydrogen) atoms. The van der Waals surface area contributed by atoms with Gasteiger partial charge in [-0.15, -0.1) is 0 Å². The molecule has 0 atom stereocenters. The first kappa shape index (κ1) is 19.6. The van der Waals surface area contributed by atoms with E-state index in [4.69, 9.17) is 4.74 Å². The molecule has 0 radical (unpaired) electrons. The van der Waals surface area contributed by atoms with Gasteiger partial charge in [0, 0.05) is 37.1 Å².